The molecule has 0 aliphatic heterocycles. The van der Waals surface area contributed by atoms with E-state index in [9.17, 15) is 18.4 Å². The van der Waals surface area contributed by atoms with Crippen LogP contribution in [-0.4, -0.2) is 16.0 Å². The van der Waals surface area contributed by atoms with Gasteiger partial charge in [0.2, 0.25) is 5.91 Å². The average Bonchev–Trinajstić information content (AvgIpc) is 3.33. The topological polar surface area (TPSA) is 46.2 Å². The van der Waals surface area contributed by atoms with E-state index in [-0.39, 0.29) is 21.8 Å². The van der Waals surface area contributed by atoms with Crippen molar-refractivity contribution in [2.24, 2.45) is 5.92 Å². The van der Waals surface area contributed by atoms with E-state index >= 15 is 0 Å². The summed E-state index contributed by atoms with van der Waals surface area (Å²) in [5, 5.41) is 3.29. The second-order valence-corrected chi connectivity index (χ2v) is 10.5. The van der Waals surface area contributed by atoms with E-state index in [0.29, 0.717) is 5.02 Å². The van der Waals surface area contributed by atoms with Crippen LogP contribution in [0.2, 0.25) is 10.0 Å². The number of halogens is 6. The first-order valence-corrected chi connectivity index (χ1v) is 11.7. The van der Waals surface area contributed by atoms with Crippen molar-refractivity contribution in [3.8, 4) is 0 Å². The maximum atomic E-state index is 14.0. The van der Waals surface area contributed by atoms with Crippen molar-refractivity contribution in [1.82, 2.24) is 0 Å². The predicted molar refractivity (Wildman–Crippen MR) is 131 cm³/mol. The molecule has 0 aromatic heterocycles. The lowest BCUT2D eigenvalue weighted by molar-refractivity contribution is -0.117. The summed E-state index contributed by atoms with van der Waals surface area (Å²) >= 11 is 25.1. The molecule has 0 saturated heterocycles. The molecule has 2 atom stereocenters. The fourth-order valence-corrected chi connectivity index (χ4v) is 5.35. The maximum Gasteiger partial charge on any atom is 0.231 e. The molecule has 1 saturated carbocycles. The van der Waals surface area contributed by atoms with Crippen LogP contribution in [0.5, 0.6) is 0 Å². The van der Waals surface area contributed by atoms with Crippen LogP contribution in [0.1, 0.15) is 33.0 Å². The third-order valence-corrected chi connectivity index (χ3v) is 7.18. The van der Waals surface area contributed by atoms with Gasteiger partial charge in [-0.05, 0) is 60.5 Å². The molecule has 1 aliphatic rings. The van der Waals surface area contributed by atoms with Gasteiger partial charge >= 0.3 is 0 Å². The van der Waals surface area contributed by atoms with Gasteiger partial charge in [-0.1, -0.05) is 35.3 Å². The Kier molecular flexibility index (Phi) is 6.94. The standard InChI is InChI=1S/C25H17Cl4F2NO2/c1-12-7-13(9-14(26)8-12)22-23(25(22,28)29)24(34)32-15-5-6-18(27)16(10-15)21(33)11-17-19(30)3-2-4-20(17)31/h2-10,22-23H,11H2,1H3,(H,32,34). The Hall–Kier alpha value is -2.18. The van der Waals surface area contributed by atoms with Gasteiger partial charge in [0.15, 0.2) is 5.78 Å². The Labute approximate surface area is 215 Å². The van der Waals surface area contributed by atoms with Crippen LogP contribution in [0.3, 0.4) is 0 Å². The van der Waals surface area contributed by atoms with Gasteiger partial charge in [0.1, 0.15) is 16.0 Å². The van der Waals surface area contributed by atoms with Crippen LogP contribution in [0.15, 0.2) is 54.6 Å². The Morgan fingerprint density at radius 2 is 1.68 bits per heavy atom. The van der Waals surface area contributed by atoms with E-state index in [0.717, 1.165) is 23.3 Å². The normalized spacial score (nSPS) is 18.4. The summed E-state index contributed by atoms with van der Waals surface area (Å²) in [6, 6.07) is 13.0. The Balaban J connectivity index is 1.53. The monoisotopic (exact) mass is 541 g/mol. The molecule has 1 N–H and O–H groups in total. The van der Waals surface area contributed by atoms with Crippen molar-refractivity contribution in [2.45, 2.75) is 23.6 Å². The second kappa shape index (κ2) is 9.46. The van der Waals surface area contributed by atoms with E-state index in [1.807, 2.05) is 13.0 Å². The van der Waals surface area contributed by atoms with Crippen molar-refractivity contribution in [3.63, 3.8) is 0 Å². The molecule has 34 heavy (non-hydrogen) atoms. The van der Waals surface area contributed by atoms with Gasteiger partial charge in [0, 0.05) is 34.2 Å². The second-order valence-electron chi connectivity index (χ2n) is 8.18. The lowest BCUT2D eigenvalue weighted by Gasteiger charge is -2.10. The number of ketones is 1. The predicted octanol–water partition coefficient (Wildman–Crippen LogP) is 7.53. The first-order chi connectivity index (χ1) is 16.0. The number of Topliss-reactive ketones (excluding diaryl/α,β-unsaturated/α-hetero) is 1. The number of carbonyl (C=O) groups excluding carboxylic acids is 2. The zero-order valence-electron chi connectivity index (χ0n) is 17.6. The molecular formula is C25H17Cl4F2NO2. The molecule has 3 nitrogen and oxygen atoms in total. The molecule has 0 radical (unpaired) electrons. The van der Waals surface area contributed by atoms with Crippen LogP contribution < -0.4 is 5.32 Å². The molecule has 0 spiro atoms. The minimum atomic E-state index is -1.32. The summed E-state index contributed by atoms with van der Waals surface area (Å²) < 4.78 is 26.6. The maximum absolute atomic E-state index is 14.0. The highest BCUT2D eigenvalue weighted by atomic mass is 35.5. The van der Waals surface area contributed by atoms with Crippen LogP contribution in [0.4, 0.5) is 14.5 Å². The van der Waals surface area contributed by atoms with Gasteiger partial charge in [-0.3, -0.25) is 9.59 Å². The molecule has 4 rings (SSSR count). The van der Waals surface area contributed by atoms with Gasteiger partial charge in [0.05, 0.1) is 10.9 Å². The van der Waals surface area contributed by atoms with Gasteiger partial charge in [-0.15, -0.1) is 23.2 Å². The summed E-state index contributed by atoms with van der Waals surface area (Å²) in [6.45, 7) is 1.87. The highest BCUT2D eigenvalue weighted by molar-refractivity contribution is 6.53. The van der Waals surface area contributed by atoms with Crippen LogP contribution >= 0.6 is 46.4 Å². The SMILES string of the molecule is Cc1cc(Cl)cc(C2C(C(=O)Nc3ccc(Cl)c(C(=O)Cc4c(F)cccc4F)c3)C2(Cl)Cl)c1. The number of hydrogen-bond acceptors (Lipinski definition) is 2. The fraction of sp³-hybridized carbons (Fsp3) is 0.200. The zero-order chi connectivity index (χ0) is 24.8. The van der Waals surface area contributed by atoms with Gasteiger partial charge in [-0.25, -0.2) is 8.78 Å². The van der Waals surface area contributed by atoms with Crippen LogP contribution in [0, 0.1) is 24.5 Å². The quantitative estimate of drug-likeness (QED) is 0.258. The van der Waals surface area contributed by atoms with Crippen molar-refractivity contribution in [1.29, 1.82) is 0 Å². The number of aryl methyl sites for hydroxylation is 1. The van der Waals surface area contributed by atoms with Crippen molar-refractivity contribution >= 4 is 63.8 Å². The number of amides is 1. The van der Waals surface area contributed by atoms with Gasteiger partial charge < -0.3 is 5.32 Å². The van der Waals surface area contributed by atoms with E-state index in [2.05, 4.69) is 5.32 Å². The van der Waals surface area contributed by atoms with E-state index in [4.69, 9.17) is 46.4 Å². The molecule has 176 valence electrons. The van der Waals surface area contributed by atoms with Crippen LogP contribution in [0.25, 0.3) is 0 Å². The number of nitrogens with one attached hydrogen (secondary N) is 1. The average molecular weight is 543 g/mol. The molecule has 1 fully saturated rings. The van der Waals surface area contributed by atoms with Crippen molar-refractivity contribution in [2.75, 3.05) is 5.32 Å². The van der Waals surface area contributed by atoms with Crippen molar-refractivity contribution < 1.29 is 18.4 Å². The molecule has 0 heterocycles. The Morgan fingerprint density at radius 1 is 1.00 bits per heavy atom. The molecule has 2 unspecified atom stereocenters. The molecular weight excluding hydrogens is 526 g/mol. The molecule has 3 aromatic carbocycles. The van der Waals surface area contributed by atoms with E-state index in [1.165, 1.54) is 24.3 Å². The molecule has 9 heteroatoms. The molecule has 1 aliphatic carbocycles. The lowest BCUT2D eigenvalue weighted by Crippen LogP contribution is -2.17. The third-order valence-electron chi connectivity index (χ3n) is 5.69. The number of carbonyl (C=O) groups is 2. The largest absolute Gasteiger partial charge is 0.326 e. The number of alkyl halides is 2. The molecule has 0 bridgehead atoms. The minimum Gasteiger partial charge on any atom is -0.326 e. The third kappa shape index (κ3) is 4.94. The van der Waals surface area contributed by atoms with Crippen molar-refractivity contribution in [3.05, 3.63) is 98.5 Å². The van der Waals surface area contributed by atoms with E-state index < -0.39 is 45.9 Å². The lowest BCUT2D eigenvalue weighted by atomic mass is 10.0. The number of rotatable bonds is 6. The van der Waals surface area contributed by atoms with Gasteiger partial charge in [0.25, 0.3) is 0 Å². The summed E-state index contributed by atoms with van der Waals surface area (Å²) in [7, 11) is 0. The summed E-state index contributed by atoms with van der Waals surface area (Å²) in [5.74, 6) is -3.93. The number of hydrogen-bond donors (Lipinski definition) is 1. The van der Waals surface area contributed by atoms with Crippen LogP contribution in [-0.2, 0) is 11.2 Å². The highest BCUT2D eigenvalue weighted by Crippen LogP contribution is 2.65. The number of benzene rings is 3. The summed E-state index contributed by atoms with van der Waals surface area (Å²) in [5.41, 5.74) is 1.58. The summed E-state index contributed by atoms with van der Waals surface area (Å²) in [6.07, 6.45) is -0.527. The highest BCUT2D eigenvalue weighted by Gasteiger charge is 2.67. The van der Waals surface area contributed by atoms with E-state index in [1.54, 1.807) is 12.1 Å². The fourth-order valence-electron chi connectivity index (χ4n) is 4.01. The molecule has 3 aromatic rings. The smallest absolute Gasteiger partial charge is 0.231 e. The minimum absolute atomic E-state index is 0.0166. The Bertz CT molecular complexity index is 1270. The first-order valence-electron chi connectivity index (χ1n) is 10.2. The zero-order valence-corrected chi connectivity index (χ0v) is 20.7. The first kappa shape index (κ1) is 24.9. The summed E-state index contributed by atoms with van der Waals surface area (Å²) in [4.78, 5) is 25.7. The Morgan fingerprint density at radius 3 is 2.32 bits per heavy atom. The van der Waals surface area contributed by atoms with Gasteiger partial charge in [-0.2, -0.15) is 0 Å². The number of anilines is 1. The molecule has 1 amide bonds.